The molecule has 0 atom stereocenters. The van der Waals surface area contributed by atoms with Crippen LogP contribution in [0.4, 0.5) is 0 Å². The average Bonchev–Trinajstić information content (AvgIpc) is 1.82. The number of aliphatic carboxylic acids is 3. The SMILES string of the molecule is O=C(O)CC(O)(CC(=O)O)C(=O)O.[Nb].[Ta]. The molecule has 2 radical (unpaired) electrons. The Kier molecular flexibility index (Phi) is 10.9. The van der Waals surface area contributed by atoms with Crippen LogP contribution in [-0.2, 0) is 59.1 Å². The van der Waals surface area contributed by atoms with Crippen molar-refractivity contribution in [3.8, 4) is 0 Å². The zero-order valence-corrected chi connectivity index (χ0v) is 12.7. The minimum Gasteiger partial charge on any atom is -0.481 e. The van der Waals surface area contributed by atoms with Gasteiger partial charge in [0.1, 0.15) is 0 Å². The molecule has 0 heterocycles. The fraction of sp³-hybridized carbons (Fsp3) is 0.500. The van der Waals surface area contributed by atoms with Crippen molar-refractivity contribution in [1.29, 1.82) is 0 Å². The molecule has 0 spiro atoms. The van der Waals surface area contributed by atoms with Gasteiger partial charge >= 0.3 is 17.9 Å². The average molecular weight is 466 g/mol. The second-order valence-corrected chi connectivity index (χ2v) is 2.48. The van der Waals surface area contributed by atoms with Crippen molar-refractivity contribution in [3.63, 3.8) is 0 Å². The minimum atomic E-state index is -2.74. The first-order chi connectivity index (χ1) is 5.78. The molecular formula is C6H8NbO7Ta. The Hall–Kier alpha value is -0.149. The summed E-state index contributed by atoms with van der Waals surface area (Å²) in [6.07, 6.45) is -2.29. The van der Waals surface area contributed by atoms with Crippen LogP contribution in [0.25, 0.3) is 0 Å². The topological polar surface area (TPSA) is 132 Å². The van der Waals surface area contributed by atoms with Gasteiger partial charge in [-0.25, -0.2) is 4.79 Å². The molecule has 0 aromatic carbocycles. The molecule has 0 aromatic rings. The summed E-state index contributed by atoms with van der Waals surface area (Å²) in [5.41, 5.74) is -2.74. The van der Waals surface area contributed by atoms with Crippen LogP contribution in [0, 0.1) is 0 Å². The van der Waals surface area contributed by atoms with Gasteiger partial charge in [0, 0.05) is 44.8 Å². The Bertz CT molecular complexity index is 238. The Balaban J connectivity index is -0.000000720. The summed E-state index contributed by atoms with van der Waals surface area (Å²) >= 11 is 0. The number of carbonyl (C=O) groups is 3. The fourth-order valence-electron chi connectivity index (χ4n) is 0.714. The maximum atomic E-state index is 10.3. The predicted octanol–water partition coefficient (Wildman–Crippen LogP) is -1.25. The number of hydrogen-bond acceptors (Lipinski definition) is 4. The third-order valence-electron chi connectivity index (χ3n) is 1.29. The molecule has 0 saturated carbocycles. The molecule has 0 bridgehead atoms. The van der Waals surface area contributed by atoms with E-state index in [1.165, 1.54) is 0 Å². The van der Waals surface area contributed by atoms with Crippen LogP contribution >= 0.6 is 0 Å². The van der Waals surface area contributed by atoms with Crippen LogP contribution < -0.4 is 0 Å². The summed E-state index contributed by atoms with van der Waals surface area (Å²) in [6, 6.07) is 0. The van der Waals surface area contributed by atoms with Gasteiger partial charge in [-0.3, -0.25) is 9.59 Å². The standard InChI is InChI=1S/C6H8O7.Nb.Ta/c7-3(8)1-6(13,5(11)12)2-4(9)10;;/h13H,1-2H2,(H,7,8)(H,9,10)(H,11,12);;. The van der Waals surface area contributed by atoms with Gasteiger partial charge in [-0.2, -0.15) is 0 Å². The third-order valence-corrected chi connectivity index (χ3v) is 1.29. The van der Waals surface area contributed by atoms with Crippen molar-refractivity contribution < 1.29 is 79.6 Å². The van der Waals surface area contributed by atoms with E-state index in [0.29, 0.717) is 0 Å². The zero-order chi connectivity index (χ0) is 10.6. The Morgan fingerprint density at radius 2 is 1.20 bits per heavy atom. The van der Waals surface area contributed by atoms with Crippen LogP contribution in [0.3, 0.4) is 0 Å². The van der Waals surface area contributed by atoms with Gasteiger partial charge in [-0.05, 0) is 0 Å². The first kappa shape index (κ1) is 20.3. The molecule has 0 aliphatic carbocycles. The number of hydrogen-bond donors (Lipinski definition) is 4. The van der Waals surface area contributed by atoms with Gasteiger partial charge in [0.25, 0.3) is 0 Å². The molecule has 0 aromatic heterocycles. The van der Waals surface area contributed by atoms with E-state index in [-0.39, 0.29) is 44.8 Å². The van der Waals surface area contributed by atoms with Crippen LogP contribution in [-0.4, -0.2) is 43.9 Å². The van der Waals surface area contributed by atoms with Crippen LogP contribution in [0.5, 0.6) is 0 Å². The van der Waals surface area contributed by atoms with E-state index < -0.39 is 36.4 Å². The second kappa shape index (κ2) is 8.06. The van der Waals surface area contributed by atoms with E-state index in [0.717, 1.165) is 0 Å². The van der Waals surface area contributed by atoms with Gasteiger partial charge in [0.15, 0.2) is 5.60 Å². The fourth-order valence-corrected chi connectivity index (χ4v) is 0.714. The summed E-state index contributed by atoms with van der Waals surface area (Å²) in [6.45, 7) is 0. The summed E-state index contributed by atoms with van der Waals surface area (Å²) in [7, 11) is 0. The number of rotatable bonds is 5. The van der Waals surface area contributed by atoms with Crippen molar-refractivity contribution in [2.24, 2.45) is 0 Å². The van der Waals surface area contributed by atoms with Gasteiger partial charge in [0.05, 0.1) is 12.8 Å². The molecule has 0 saturated heterocycles. The summed E-state index contributed by atoms with van der Waals surface area (Å²) in [5, 5.41) is 33.8. The van der Waals surface area contributed by atoms with E-state index in [1.807, 2.05) is 0 Å². The molecule has 0 aliphatic heterocycles. The minimum absolute atomic E-state index is 0. The second-order valence-electron chi connectivity index (χ2n) is 2.48. The molecule has 0 amide bonds. The molecule has 84 valence electrons. The molecule has 7 nitrogen and oxygen atoms in total. The molecular weight excluding hydrogens is 458 g/mol. The van der Waals surface area contributed by atoms with Gasteiger partial charge < -0.3 is 20.4 Å². The maximum Gasteiger partial charge on any atom is 0.336 e. The predicted molar refractivity (Wildman–Crippen MR) is 37.1 cm³/mol. The van der Waals surface area contributed by atoms with E-state index >= 15 is 0 Å². The van der Waals surface area contributed by atoms with E-state index in [9.17, 15) is 14.4 Å². The van der Waals surface area contributed by atoms with Gasteiger partial charge in [-0.1, -0.05) is 0 Å². The first-order valence-electron chi connectivity index (χ1n) is 3.17. The number of carboxylic acid groups (broad SMARTS) is 3. The van der Waals surface area contributed by atoms with Gasteiger partial charge in [-0.15, -0.1) is 0 Å². The third kappa shape index (κ3) is 7.74. The summed E-state index contributed by atoms with van der Waals surface area (Å²) in [5.74, 6) is -5.02. The van der Waals surface area contributed by atoms with Gasteiger partial charge in [0.2, 0.25) is 0 Å². The van der Waals surface area contributed by atoms with Crippen molar-refractivity contribution in [2.45, 2.75) is 18.4 Å². The first-order valence-corrected chi connectivity index (χ1v) is 3.17. The molecule has 0 unspecified atom stereocenters. The monoisotopic (exact) mass is 466 g/mol. The van der Waals surface area contributed by atoms with E-state index in [1.54, 1.807) is 0 Å². The van der Waals surface area contributed by atoms with E-state index in [4.69, 9.17) is 20.4 Å². The Morgan fingerprint density at radius 3 is 1.33 bits per heavy atom. The Labute approximate surface area is 115 Å². The molecule has 0 rings (SSSR count). The molecule has 15 heavy (non-hydrogen) atoms. The van der Waals surface area contributed by atoms with E-state index in [2.05, 4.69) is 0 Å². The normalized spacial score (nSPS) is 9.40. The van der Waals surface area contributed by atoms with Crippen molar-refractivity contribution in [3.05, 3.63) is 0 Å². The van der Waals surface area contributed by atoms with Crippen LogP contribution in [0.15, 0.2) is 0 Å². The van der Waals surface area contributed by atoms with Crippen LogP contribution in [0.2, 0.25) is 0 Å². The Morgan fingerprint density at radius 1 is 0.933 bits per heavy atom. The maximum absolute atomic E-state index is 10.3. The van der Waals surface area contributed by atoms with Crippen LogP contribution in [0.1, 0.15) is 12.8 Å². The largest absolute Gasteiger partial charge is 0.481 e. The quantitative estimate of drug-likeness (QED) is 0.373. The van der Waals surface area contributed by atoms with Crippen molar-refractivity contribution >= 4 is 17.9 Å². The summed E-state index contributed by atoms with van der Waals surface area (Å²) in [4.78, 5) is 30.5. The molecule has 0 fully saturated rings. The van der Waals surface area contributed by atoms with Crippen molar-refractivity contribution in [1.82, 2.24) is 0 Å². The number of aliphatic hydroxyl groups is 1. The summed E-state index contributed by atoms with van der Waals surface area (Å²) < 4.78 is 0. The molecule has 0 aliphatic rings. The zero-order valence-electron chi connectivity index (χ0n) is 7.32. The number of carboxylic acids is 3. The van der Waals surface area contributed by atoms with Crippen molar-refractivity contribution in [2.75, 3.05) is 0 Å². The molecule has 9 heteroatoms. The molecule has 4 N–H and O–H groups in total. The smallest absolute Gasteiger partial charge is 0.336 e.